The number of rotatable bonds is 5. The summed E-state index contributed by atoms with van der Waals surface area (Å²) in [5.74, 6) is -0.750. The van der Waals surface area contributed by atoms with Gasteiger partial charge in [-0.05, 0) is 30.0 Å². The number of aromatic nitrogens is 3. The zero-order chi connectivity index (χ0) is 15.6. The van der Waals surface area contributed by atoms with E-state index in [4.69, 9.17) is 11.6 Å². The predicted molar refractivity (Wildman–Crippen MR) is 83.8 cm³/mol. The topological polar surface area (TPSA) is 68.0 Å². The maximum atomic E-state index is 11.2. The molecule has 1 heterocycles. The van der Waals surface area contributed by atoms with Crippen molar-refractivity contribution in [2.24, 2.45) is 5.92 Å². The third-order valence-corrected chi connectivity index (χ3v) is 3.82. The second kappa shape index (κ2) is 6.58. The van der Waals surface area contributed by atoms with Gasteiger partial charge >= 0.3 is 5.97 Å². The van der Waals surface area contributed by atoms with Crippen molar-refractivity contribution in [3.63, 3.8) is 0 Å². The van der Waals surface area contributed by atoms with Gasteiger partial charge in [-0.15, -0.1) is 5.10 Å². The number of aromatic carboxylic acids is 1. The minimum atomic E-state index is -1.06. The molecule has 1 aromatic heterocycles. The molecule has 112 valence electrons. The van der Waals surface area contributed by atoms with Crippen LogP contribution in [0.5, 0.6) is 0 Å². The second-order valence-corrected chi connectivity index (χ2v) is 6.50. The van der Waals surface area contributed by atoms with Gasteiger partial charge in [0.2, 0.25) is 0 Å². The SMILES string of the molecule is CC(C)Cc1c(C(=O)O)nnn1Cc1ccc(Br)cc1Cl. The summed E-state index contributed by atoms with van der Waals surface area (Å²) >= 11 is 9.55. The Labute approximate surface area is 136 Å². The van der Waals surface area contributed by atoms with Crippen LogP contribution in [0.2, 0.25) is 5.02 Å². The lowest BCUT2D eigenvalue weighted by molar-refractivity contribution is 0.0689. The number of benzene rings is 1. The first kappa shape index (κ1) is 16.0. The maximum Gasteiger partial charge on any atom is 0.358 e. The molecule has 0 bridgehead atoms. The van der Waals surface area contributed by atoms with Crippen LogP contribution >= 0.6 is 27.5 Å². The predicted octanol–water partition coefficient (Wildman–Crippen LogP) is 3.64. The van der Waals surface area contributed by atoms with Crippen LogP contribution in [0, 0.1) is 5.92 Å². The third kappa shape index (κ3) is 3.83. The number of nitrogens with zero attached hydrogens (tertiary/aromatic N) is 3. The summed E-state index contributed by atoms with van der Waals surface area (Å²) in [6.45, 7) is 4.44. The first-order chi connectivity index (χ1) is 9.88. The van der Waals surface area contributed by atoms with E-state index in [-0.39, 0.29) is 5.69 Å². The molecule has 0 aliphatic rings. The molecule has 0 spiro atoms. The zero-order valence-corrected chi connectivity index (χ0v) is 14.0. The molecule has 1 aromatic carbocycles. The number of carboxylic acids is 1. The molecule has 0 amide bonds. The van der Waals surface area contributed by atoms with E-state index >= 15 is 0 Å². The Kier molecular flexibility index (Phi) is 5.00. The van der Waals surface area contributed by atoms with Crippen molar-refractivity contribution in [2.45, 2.75) is 26.8 Å². The first-order valence-corrected chi connectivity index (χ1v) is 7.65. The van der Waals surface area contributed by atoms with Crippen LogP contribution in [-0.2, 0) is 13.0 Å². The van der Waals surface area contributed by atoms with Gasteiger partial charge in [-0.2, -0.15) is 0 Å². The zero-order valence-electron chi connectivity index (χ0n) is 11.7. The van der Waals surface area contributed by atoms with E-state index in [0.717, 1.165) is 10.0 Å². The highest BCUT2D eigenvalue weighted by molar-refractivity contribution is 9.10. The van der Waals surface area contributed by atoms with E-state index in [0.29, 0.717) is 29.6 Å². The van der Waals surface area contributed by atoms with Crippen molar-refractivity contribution in [2.75, 3.05) is 0 Å². The van der Waals surface area contributed by atoms with Crippen molar-refractivity contribution in [3.8, 4) is 0 Å². The molecule has 7 heteroatoms. The van der Waals surface area contributed by atoms with Gasteiger partial charge in [0.15, 0.2) is 5.69 Å². The lowest BCUT2D eigenvalue weighted by Gasteiger charge is -2.10. The average molecular weight is 373 g/mol. The first-order valence-electron chi connectivity index (χ1n) is 6.48. The van der Waals surface area contributed by atoms with Gasteiger partial charge in [-0.25, -0.2) is 9.48 Å². The summed E-state index contributed by atoms with van der Waals surface area (Å²) in [6.07, 6.45) is 0.600. The fourth-order valence-electron chi connectivity index (χ4n) is 2.03. The highest BCUT2D eigenvalue weighted by Gasteiger charge is 2.20. The number of halogens is 2. The molecular formula is C14H15BrClN3O2. The van der Waals surface area contributed by atoms with Gasteiger partial charge in [0, 0.05) is 9.50 Å². The van der Waals surface area contributed by atoms with E-state index in [2.05, 4.69) is 26.2 Å². The van der Waals surface area contributed by atoms with Crippen molar-refractivity contribution < 1.29 is 9.90 Å². The normalized spacial score (nSPS) is 11.1. The Balaban J connectivity index is 2.37. The summed E-state index contributed by atoms with van der Waals surface area (Å²) in [5.41, 5.74) is 1.50. The summed E-state index contributed by atoms with van der Waals surface area (Å²) in [7, 11) is 0. The molecule has 0 atom stereocenters. The molecule has 0 saturated carbocycles. The van der Waals surface area contributed by atoms with Crippen LogP contribution < -0.4 is 0 Å². The summed E-state index contributed by atoms with van der Waals surface area (Å²) in [4.78, 5) is 11.2. The number of hydrogen-bond acceptors (Lipinski definition) is 3. The van der Waals surface area contributed by atoms with Crippen molar-refractivity contribution in [1.29, 1.82) is 0 Å². The van der Waals surface area contributed by atoms with Crippen LogP contribution in [0.4, 0.5) is 0 Å². The van der Waals surface area contributed by atoms with Gasteiger partial charge < -0.3 is 5.11 Å². The Bertz CT molecular complexity index is 670. The minimum absolute atomic E-state index is 0.0111. The third-order valence-electron chi connectivity index (χ3n) is 2.98. The Hall–Kier alpha value is -1.40. The Morgan fingerprint density at radius 1 is 1.48 bits per heavy atom. The second-order valence-electron chi connectivity index (χ2n) is 5.18. The van der Waals surface area contributed by atoms with Gasteiger partial charge in [-0.1, -0.05) is 52.7 Å². The highest BCUT2D eigenvalue weighted by Crippen LogP contribution is 2.23. The molecular weight excluding hydrogens is 358 g/mol. The van der Waals surface area contributed by atoms with Crippen molar-refractivity contribution >= 4 is 33.5 Å². The molecule has 1 N–H and O–H groups in total. The van der Waals surface area contributed by atoms with Gasteiger partial charge in [0.1, 0.15) is 0 Å². The Morgan fingerprint density at radius 3 is 2.76 bits per heavy atom. The molecule has 0 saturated heterocycles. The van der Waals surface area contributed by atoms with Crippen molar-refractivity contribution in [1.82, 2.24) is 15.0 Å². The maximum absolute atomic E-state index is 11.2. The van der Waals surface area contributed by atoms with Crippen LogP contribution in [-0.4, -0.2) is 26.1 Å². The van der Waals surface area contributed by atoms with Crippen LogP contribution in [0.15, 0.2) is 22.7 Å². The molecule has 2 aromatic rings. The summed E-state index contributed by atoms with van der Waals surface area (Å²) < 4.78 is 2.50. The molecule has 0 radical (unpaired) electrons. The fraction of sp³-hybridized carbons (Fsp3) is 0.357. The van der Waals surface area contributed by atoms with E-state index < -0.39 is 5.97 Å². The summed E-state index contributed by atoms with van der Waals surface area (Å²) in [5, 5.41) is 17.5. The average Bonchev–Trinajstić information content (AvgIpc) is 2.75. The molecule has 2 rings (SSSR count). The van der Waals surface area contributed by atoms with E-state index in [1.54, 1.807) is 10.7 Å². The number of carboxylic acid groups (broad SMARTS) is 1. The largest absolute Gasteiger partial charge is 0.476 e. The molecule has 5 nitrogen and oxygen atoms in total. The molecule has 0 unspecified atom stereocenters. The highest BCUT2D eigenvalue weighted by atomic mass is 79.9. The number of carbonyl (C=O) groups is 1. The Morgan fingerprint density at radius 2 is 2.19 bits per heavy atom. The summed E-state index contributed by atoms with van der Waals surface area (Å²) in [6, 6.07) is 5.57. The monoisotopic (exact) mass is 371 g/mol. The lowest BCUT2D eigenvalue weighted by atomic mass is 10.1. The van der Waals surface area contributed by atoms with E-state index in [1.165, 1.54) is 0 Å². The number of hydrogen-bond donors (Lipinski definition) is 1. The smallest absolute Gasteiger partial charge is 0.358 e. The lowest BCUT2D eigenvalue weighted by Crippen LogP contribution is -2.12. The quantitative estimate of drug-likeness (QED) is 0.870. The van der Waals surface area contributed by atoms with Gasteiger partial charge in [0.05, 0.1) is 12.2 Å². The van der Waals surface area contributed by atoms with Crippen LogP contribution in [0.1, 0.15) is 35.6 Å². The van der Waals surface area contributed by atoms with E-state index in [1.807, 2.05) is 26.0 Å². The van der Waals surface area contributed by atoms with Gasteiger partial charge in [-0.3, -0.25) is 0 Å². The molecule has 0 aliphatic carbocycles. The van der Waals surface area contributed by atoms with Crippen molar-refractivity contribution in [3.05, 3.63) is 44.6 Å². The minimum Gasteiger partial charge on any atom is -0.476 e. The van der Waals surface area contributed by atoms with E-state index in [9.17, 15) is 9.90 Å². The molecule has 21 heavy (non-hydrogen) atoms. The van der Waals surface area contributed by atoms with Crippen LogP contribution in [0.25, 0.3) is 0 Å². The standard InChI is InChI=1S/C14H15BrClN3O2/c1-8(2)5-12-13(14(20)21)17-18-19(12)7-9-3-4-10(15)6-11(9)16/h3-4,6,8H,5,7H2,1-2H3,(H,20,21). The fourth-order valence-corrected chi connectivity index (χ4v) is 2.76. The van der Waals surface area contributed by atoms with Crippen LogP contribution in [0.3, 0.4) is 0 Å². The van der Waals surface area contributed by atoms with Gasteiger partial charge in [0.25, 0.3) is 0 Å². The molecule has 0 fully saturated rings. The molecule has 0 aliphatic heterocycles.